The minimum atomic E-state index is -4.75. The van der Waals surface area contributed by atoms with Crippen molar-refractivity contribution < 1.29 is 22.7 Å². The summed E-state index contributed by atoms with van der Waals surface area (Å²) in [5, 5.41) is 9.03. The molecule has 0 spiro atoms. The summed E-state index contributed by atoms with van der Waals surface area (Å²) in [4.78, 5) is 15.9. The van der Waals surface area contributed by atoms with Gasteiger partial charge in [-0.2, -0.15) is 0 Å². The summed E-state index contributed by atoms with van der Waals surface area (Å²) in [5.74, 6) is 0.253. The maximum atomic E-state index is 12.5. The number of alkyl halides is 3. The van der Waals surface area contributed by atoms with E-state index in [1.807, 2.05) is 6.92 Å². The first kappa shape index (κ1) is 20.9. The Morgan fingerprint density at radius 1 is 1.26 bits per heavy atom. The smallest absolute Gasteiger partial charge is 0.405 e. The molecule has 2 rings (SSSR count). The number of nitrogens with zero attached hydrogens (tertiary/aromatic N) is 1. The summed E-state index contributed by atoms with van der Waals surface area (Å²) in [6.07, 6.45) is -1.58. The van der Waals surface area contributed by atoms with Crippen molar-refractivity contribution in [2.75, 3.05) is 13.1 Å². The Balaban J connectivity index is 1.84. The van der Waals surface area contributed by atoms with E-state index < -0.39 is 6.36 Å². The molecule has 0 aromatic heterocycles. The van der Waals surface area contributed by atoms with Gasteiger partial charge in [0, 0.05) is 31.1 Å². The Labute approximate surface area is 156 Å². The van der Waals surface area contributed by atoms with Gasteiger partial charge >= 0.3 is 6.36 Å². The fourth-order valence-corrected chi connectivity index (χ4v) is 2.35. The van der Waals surface area contributed by atoms with Crippen LogP contribution in [0.3, 0.4) is 0 Å². The third-order valence-electron chi connectivity index (χ3n) is 3.77. The van der Waals surface area contributed by atoms with Crippen LogP contribution in [0.2, 0.25) is 0 Å². The first-order valence-corrected chi connectivity index (χ1v) is 9.02. The molecule has 0 unspecified atom stereocenters. The van der Waals surface area contributed by atoms with Crippen LogP contribution in [0.1, 0.15) is 38.2 Å². The average Bonchev–Trinajstić information content (AvgIpc) is 3.40. The van der Waals surface area contributed by atoms with E-state index in [2.05, 4.69) is 25.7 Å². The fraction of sp³-hybridized carbons (Fsp3) is 0.556. The van der Waals surface area contributed by atoms with Crippen molar-refractivity contribution in [1.29, 1.82) is 0 Å². The molecular formula is C18H25F3N4O2. The number of para-hydroxylation sites is 1. The predicted octanol–water partition coefficient (Wildman–Crippen LogP) is 2.70. The zero-order chi connectivity index (χ0) is 19.7. The standard InChI is InChI=1S/C18H25F3N4O2/c1-2-22-17(23-11-5-8-16(26)25-14-9-10-14)24-12-13-6-3-4-7-15(13)27-18(19,20)21/h3-4,6-7,14H,2,5,8-12H2,1H3,(H,25,26)(H2,22,23,24). The number of nitrogens with one attached hydrogen (secondary N) is 3. The molecule has 1 saturated carbocycles. The largest absolute Gasteiger partial charge is 0.573 e. The molecule has 1 aliphatic carbocycles. The fourth-order valence-electron chi connectivity index (χ4n) is 2.35. The summed E-state index contributed by atoms with van der Waals surface area (Å²) < 4.78 is 41.5. The van der Waals surface area contributed by atoms with Crippen LogP contribution >= 0.6 is 0 Å². The second-order valence-electron chi connectivity index (χ2n) is 6.22. The highest BCUT2D eigenvalue weighted by molar-refractivity contribution is 5.80. The summed E-state index contributed by atoms with van der Waals surface area (Å²) in [6, 6.07) is 6.26. The van der Waals surface area contributed by atoms with Crippen molar-refractivity contribution in [3.05, 3.63) is 29.8 Å². The molecule has 0 saturated heterocycles. The number of guanidine groups is 1. The summed E-state index contributed by atoms with van der Waals surface area (Å²) >= 11 is 0. The van der Waals surface area contributed by atoms with Crippen LogP contribution in [0.5, 0.6) is 5.75 Å². The molecule has 0 atom stereocenters. The third kappa shape index (κ3) is 8.65. The van der Waals surface area contributed by atoms with Gasteiger partial charge in [-0.15, -0.1) is 13.2 Å². The summed E-state index contributed by atoms with van der Waals surface area (Å²) in [6.45, 7) is 3.06. The number of amides is 1. The second-order valence-corrected chi connectivity index (χ2v) is 6.22. The number of carbonyl (C=O) groups excluding carboxylic acids is 1. The van der Waals surface area contributed by atoms with E-state index in [1.165, 1.54) is 18.2 Å². The van der Waals surface area contributed by atoms with Crippen molar-refractivity contribution in [2.45, 2.75) is 51.6 Å². The zero-order valence-corrected chi connectivity index (χ0v) is 15.2. The lowest BCUT2D eigenvalue weighted by Gasteiger charge is -2.14. The molecule has 1 amide bonds. The highest BCUT2D eigenvalue weighted by Crippen LogP contribution is 2.26. The molecule has 1 aromatic rings. The minimum absolute atomic E-state index is 0.0315. The maximum Gasteiger partial charge on any atom is 0.573 e. The molecule has 1 aliphatic rings. The topological polar surface area (TPSA) is 74.8 Å². The van der Waals surface area contributed by atoms with Gasteiger partial charge in [-0.1, -0.05) is 18.2 Å². The Bertz CT molecular complexity index is 646. The highest BCUT2D eigenvalue weighted by Gasteiger charge is 2.31. The van der Waals surface area contributed by atoms with E-state index in [1.54, 1.807) is 6.07 Å². The monoisotopic (exact) mass is 386 g/mol. The van der Waals surface area contributed by atoms with Crippen molar-refractivity contribution in [3.63, 3.8) is 0 Å². The van der Waals surface area contributed by atoms with Crippen molar-refractivity contribution in [3.8, 4) is 5.75 Å². The van der Waals surface area contributed by atoms with Gasteiger partial charge in [-0.05, 0) is 32.3 Å². The van der Waals surface area contributed by atoms with E-state index >= 15 is 0 Å². The molecule has 0 heterocycles. The number of carbonyl (C=O) groups is 1. The SMILES string of the molecule is CCNC(=NCc1ccccc1OC(F)(F)F)NCCCC(=O)NC1CC1. The lowest BCUT2D eigenvalue weighted by Crippen LogP contribution is -2.38. The maximum absolute atomic E-state index is 12.5. The van der Waals surface area contributed by atoms with Crippen LogP contribution in [0.15, 0.2) is 29.3 Å². The van der Waals surface area contributed by atoms with Crippen molar-refractivity contribution in [1.82, 2.24) is 16.0 Å². The van der Waals surface area contributed by atoms with Gasteiger partial charge in [0.05, 0.1) is 6.54 Å². The molecule has 150 valence electrons. The van der Waals surface area contributed by atoms with Gasteiger partial charge < -0.3 is 20.7 Å². The number of hydrogen-bond donors (Lipinski definition) is 3. The van der Waals surface area contributed by atoms with Gasteiger partial charge in [-0.3, -0.25) is 4.79 Å². The predicted molar refractivity (Wildman–Crippen MR) is 96.3 cm³/mol. The molecule has 9 heteroatoms. The lowest BCUT2D eigenvalue weighted by molar-refractivity contribution is -0.274. The number of aliphatic imine (C=N–C) groups is 1. The Morgan fingerprint density at radius 3 is 2.67 bits per heavy atom. The average molecular weight is 386 g/mol. The molecule has 3 N–H and O–H groups in total. The normalized spacial score (nSPS) is 14.6. The van der Waals surface area contributed by atoms with E-state index in [9.17, 15) is 18.0 Å². The van der Waals surface area contributed by atoms with Crippen molar-refractivity contribution in [2.24, 2.45) is 4.99 Å². The van der Waals surface area contributed by atoms with Crippen LogP contribution in [-0.2, 0) is 11.3 Å². The number of hydrogen-bond acceptors (Lipinski definition) is 3. The second kappa shape index (κ2) is 10.0. The first-order chi connectivity index (χ1) is 12.9. The Morgan fingerprint density at radius 2 is 2.00 bits per heavy atom. The quantitative estimate of drug-likeness (QED) is 0.347. The minimum Gasteiger partial charge on any atom is -0.405 e. The molecule has 1 fully saturated rings. The molecule has 0 bridgehead atoms. The van der Waals surface area contributed by atoms with Gasteiger partial charge in [-0.25, -0.2) is 4.99 Å². The number of benzene rings is 1. The van der Waals surface area contributed by atoms with Gasteiger partial charge in [0.15, 0.2) is 5.96 Å². The van der Waals surface area contributed by atoms with Crippen molar-refractivity contribution >= 4 is 11.9 Å². The van der Waals surface area contributed by atoms with Crippen LogP contribution in [0.4, 0.5) is 13.2 Å². The van der Waals surface area contributed by atoms with E-state index in [0.29, 0.717) is 43.5 Å². The Hall–Kier alpha value is -2.45. The van der Waals surface area contributed by atoms with Gasteiger partial charge in [0.1, 0.15) is 5.75 Å². The molecule has 6 nitrogen and oxygen atoms in total. The molecule has 1 aromatic carbocycles. The number of halogens is 3. The number of rotatable bonds is 9. The van der Waals surface area contributed by atoms with Gasteiger partial charge in [0.2, 0.25) is 5.91 Å². The first-order valence-electron chi connectivity index (χ1n) is 9.02. The molecule has 0 aliphatic heterocycles. The molecule has 27 heavy (non-hydrogen) atoms. The summed E-state index contributed by atoms with van der Waals surface area (Å²) in [5.41, 5.74) is 0.329. The zero-order valence-electron chi connectivity index (χ0n) is 15.2. The molecular weight excluding hydrogens is 361 g/mol. The third-order valence-corrected chi connectivity index (χ3v) is 3.77. The van der Waals surface area contributed by atoms with Crippen LogP contribution in [0.25, 0.3) is 0 Å². The Kier molecular flexibility index (Phi) is 7.75. The van der Waals surface area contributed by atoms with Crippen LogP contribution in [-0.4, -0.2) is 37.4 Å². The van der Waals surface area contributed by atoms with Crippen LogP contribution in [0, 0.1) is 0 Å². The lowest BCUT2D eigenvalue weighted by atomic mass is 10.2. The van der Waals surface area contributed by atoms with E-state index in [0.717, 1.165) is 12.8 Å². The van der Waals surface area contributed by atoms with E-state index in [4.69, 9.17) is 0 Å². The highest BCUT2D eigenvalue weighted by atomic mass is 19.4. The van der Waals surface area contributed by atoms with Gasteiger partial charge in [0.25, 0.3) is 0 Å². The molecule has 0 radical (unpaired) electrons. The van der Waals surface area contributed by atoms with Crippen LogP contribution < -0.4 is 20.7 Å². The summed E-state index contributed by atoms with van der Waals surface area (Å²) in [7, 11) is 0. The van der Waals surface area contributed by atoms with E-state index in [-0.39, 0.29) is 18.2 Å². The number of ether oxygens (including phenoxy) is 1.